The number of nitrogens with zero attached hydrogens (tertiary/aromatic N) is 3. The van der Waals surface area contributed by atoms with Gasteiger partial charge in [0, 0.05) is 11.6 Å². The highest BCUT2D eigenvalue weighted by Crippen LogP contribution is 2.32. The van der Waals surface area contributed by atoms with E-state index >= 15 is 0 Å². The maximum atomic E-state index is 12.7. The van der Waals surface area contributed by atoms with Gasteiger partial charge >= 0.3 is 0 Å². The number of aryl methyl sites for hydroxylation is 2. The van der Waals surface area contributed by atoms with Gasteiger partial charge in [-0.2, -0.15) is 9.78 Å². The first-order chi connectivity index (χ1) is 13.6. The lowest BCUT2D eigenvalue weighted by molar-refractivity contribution is 0.102. The van der Waals surface area contributed by atoms with Crippen LogP contribution in [-0.2, 0) is 0 Å². The number of amides is 1. The molecule has 0 fully saturated rings. The van der Waals surface area contributed by atoms with E-state index in [2.05, 4.69) is 10.4 Å². The molecule has 0 saturated carbocycles. The van der Waals surface area contributed by atoms with Crippen molar-refractivity contribution in [2.75, 3.05) is 11.9 Å². The summed E-state index contributed by atoms with van der Waals surface area (Å²) in [4.78, 5) is 17.5. The second-order valence-electron chi connectivity index (χ2n) is 6.38. The molecule has 0 aliphatic carbocycles. The summed E-state index contributed by atoms with van der Waals surface area (Å²) in [6.45, 7) is 6.33. The minimum atomic E-state index is -0.171. The maximum absolute atomic E-state index is 12.7. The molecule has 0 aliphatic heterocycles. The molecule has 4 rings (SSSR count). The summed E-state index contributed by atoms with van der Waals surface area (Å²) in [5, 5.41) is 8.17. The SMILES string of the molecule is CCOc1cccc2sc(-n3nc(C)cc3NC(=O)c3ccccc3C)nc12. The Hall–Kier alpha value is -3.19. The summed E-state index contributed by atoms with van der Waals surface area (Å²) >= 11 is 1.50. The lowest BCUT2D eigenvalue weighted by Gasteiger charge is -2.08. The van der Waals surface area contributed by atoms with E-state index in [0.29, 0.717) is 23.1 Å². The van der Waals surface area contributed by atoms with Gasteiger partial charge in [0.2, 0.25) is 5.13 Å². The van der Waals surface area contributed by atoms with Crippen molar-refractivity contribution < 1.29 is 9.53 Å². The Morgan fingerprint density at radius 3 is 2.79 bits per heavy atom. The number of rotatable bonds is 5. The van der Waals surface area contributed by atoms with Crippen molar-refractivity contribution in [3.05, 3.63) is 65.4 Å². The average molecular weight is 392 g/mol. The number of fused-ring (bicyclic) bond motifs is 1. The highest BCUT2D eigenvalue weighted by atomic mass is 32.1. The van der Waals surface area contributed by atoms with Crippen LogP contribution in [0.15, 0.2) is 48.5 Å². The molecule has 0 radical (unpaired) electrons. The predicted octanol–water partition coefficient (Wildman–Crippen LogP) is 4.75. The number of nitrogens with one attached hydrogen (secondary N) is 1. The topological polar surface area (TPSA) is 69.0 Å². The second-order valence-corrected chi connectivity index (χ2v) is 7.39. The van der Waals surface area contributed by atoms with Gasteiger partial charge < -0.3 is 10.1 Å². The Kier molecular flexibility index (Phi) is 4.83. The summed E-state index contributed by atoms with van der Waals surface area (Å²) in [7, 11) is 0. The van der Waals surface area contributed by atoms with E-state index in [-0.39, 0.29) is 5.91 Å². The number of thiazole rings is 1. The van der Waals surface area contributed by atoms with Crippen molar-refractivity contribution >= 4 is 33.3 Å². The summed E-state index contributed by atoms with van der Waals surface area (Å²) in [6.07, 6.45) is 0. The van der Waals surface area contributed by atoms with E-state index in [0.717, 1.165) is 27.2 Å². The third-order valence-electron chi connectivity index (χ3n) is 4.31. The monoisotopic (exact) mass is 392 g/mol. The molecule has 0 spiro atoms. The third kappa shape index (κ3) is 3.36. The number of carbonyl (C=O) groups excluding carboxylic acids is 1. The standard InChI is InChI=1S/C21H20N4O2S/c1-4-27-16-10-7-11-17-19(16)23-21(28-17)25-18(12-14(3)24-25)22-20(26)15-9-6-5-8-13(15)2/h5-12H,4H2,1-3H3,(H,22,26). The molecule has 142 valence electrons. The summed E-state index contributed by atoms with van der Waals surface area (Å²) in [5.41, 5.74) is 3.15. The number of aromatic nitrogens is 3. The Bertz CT molecular complexity index is 1160. The van der Waals surface area contributed by atoms with E-state index in [4.69, 9.17) is 9.72 Å². The summed E-state index contributed by atoms with van der Waals surface area (Å²) < 4.78 is 8.36. The van der Waals surface area contributed by atoms with Gasteiger partial charge in [0.25, 0.3) is 5.91 Å². The summed E-state index contributed by atoms with van der Waals surface area (Å²) in [6, 6.07) is 15.2. The Labute approximate surface area is 166 Å². The molecule has 4 aromatic rings. The highest BCUT2D eigenvalue weighted by Gasteiger charge is 2.17. The minimum Gasteiger partial charge on any atom is -0.492 e. The predicted molar refractivity (Wildman–Crippen MR) is 112 cm³/mol. The Morgan fingerprint density at radius 1 is 1.18 bits per heavy atom. The van der Waals surface area contributed by atoms with Crippen LogP contribution >= 0.6 is 11.3 Å². The molecule has 2 aromatic carbocycles. The molecular formula is C21H20N4O2S. The molecular weight excluding hydrogens is 372 g/mol. The number of para-hydroxylation sites is 1. The van der Waals surface area contributed by atoms with Gasteiger partial charge in [-0.15, -0.1) is 0 Å². The number of anilines is 1. The summed E-state index contributed by atoms with van der Waals surface area (Å²) in [5.74, 6) is 1.16. The van der Waals surface area contributed by atoms with Gasteiger partial charge in [-0.25, -0.2) is 4.98 Å². The van der Waals surface area contributed by atoms with E-state index in [1.807, 2.05) is 69.3 Å². The highest BCUT2D eigenvalue weighted by molar-refractivity contribution is 7.20. The Balaban J connectivity index is 1.72. The van der Waals surface area contributed by atoms with Crippen molar-refractivity contribution in [3.63, 3.8) is 0 Å². The molecule has 0 unspecified atom stereocenters. The van der Waals surface area contributed by atoms with Crippen molar-refractivity contribution in [2.24, 2.45) is 0 Å². The fraction of sp³-hybridized carbons (Fsp3) is 0.190. The second kappa shape index (κ2) is 7.44. The van der Waals surface area contributed by atoms with Gasteiger partial charge in [0.1, 0.15) is 17.1 Å². The van der Waals surface area contributed by atoms with Crippen molar-refractivity contribution in [1.29, 1.82) is 0 Å². The lowest BCUT2D eigenvalue weighted by Crippen LogP contribution is -2.16. The van der Waals surface area contributed by atoms with Crippen molar-refractivity contribution in [2.45, 2.75) is 20.8 Å². The molecule has 0 atom stereocenters. The van der Waals surface area contributed by atoms with Crippen LogP contribution in [0, 0.1) is 13.8 Å². The van der Waals surface area contributed by atoms with Gasteiger partial charge in [-0.3, -0.25) is 4.79 Å². The van der Waals surface area contributed by atoms with Crippen LogP contribution < -0.4 is 10.1 Å². The number of carbonyl (C=O) groups is 1. The van der Waals surface area contributed by atoms with Gasteiger partial charge in [-0.1, -0.05) is 35.6 Å². The number of hydrogen-bond donors (Lipinski definition) is 1. The zero-order chi connectivity index (χ0) is 19.7. The first kappa shape index (κ1) is 18.2. The van der Waals surface area contributed by atoms with Gasteiger partial charge in [0.15, 0.2) is 0 Å². The van der Waals surface area contributed by atoms with Crippen LogP contribution in [0.25, 0.3) is 15.3 Å². The largest absolute Gasteiger partial charge is 0.492 e. The molecule has 1 N–H and O–H groups in total. The molecule has 2 heterocycles. The van der Waals surface area contributed by atoms with E-state index in [1.165, 1.54) is 11.3 Å². The Morgan fingerprint density at radius 2 is 2.00 bits per heavy atom. The van der Waals surface area contributed by atoms with E-state index in [9.17, 15) is 4.79 Å². The van der Waals surface area contributed by atoms with Crippen LogP contribution in [0.4, 0.5) is 5.82 Å². The molecule has 7 heteroatoms. The first-order valence-electron chi connectivity index (χ1n) is 9.03. The fourth-order valence-electron chi connectivity index (χ4n) is 3.02. The van der Waals surface area contributed by atoms with Gasteiger partial charge in [0.05, 0.1) is 17.0 Å². The zero-order valence-corrected chi connectivity index (χ0v) is 16.7. The van der Waals surface area contributed by atoms with Crippen molar-refractivity contribution in [1.82, 2.24) is 14.8 Å². The fourth-order valence-corrected chi connectivity index (χ4v) is 3.97. The minimum absolute atomic E-state index is 0.171. The molecule has 0 bridgehead atoms. The molecule has 2 aromatic heterocycles. The number of ether oxygens (including phenoxy) is 1. The zero-order valence-electron chi connectivity index (χ0n) is 15.9. The quantitative estimate of drug-likeness (QED) is 0.532. The number of benzene rings is 2. The maximum Gasteiger partial charge on any atom is 0.257 e. The van der Waals surface area contributed by atoms with Crippen LogP contribution in [0.3, 0.4) is 0 Å². The molecule has 0 saturated heterocycles. The first-order valence-corrected chi connectivity index (χ1v) is 9.85. The van der Waals surface area contributed by atoms with Crippen LogP contribution in [-0.4, -0.2) is 27.3 Å². The van der Waals surface area contributed by atoms with Crippen molar-refractivity contribution in [3.8, 4) is 10.9 Å². The van der Waals surface area contributed by atoms with Crippen LogP contribution in [0.1, 0.15) is 28.5 Å². The lowest BCUT2D eigenvalue weighted by atomic mass is 10.1. The van der Waals surface area contributed by atoms with Crippen LogP contribution in [0.2, 0.25) is 0 Å². The molecule has 0 aliphatic rings. The smallest absolute Gasteiger partial charge is 0.257 e. The molecule has 1 amide bonds. The number of hydrogen-bond acceptors (Lipinski definition) is 5. The van der Waals surface area contributed by atoms with Crippen LogP contribution in [0.5, 0.6) is 5.75 Å². The van der Waals surface area contributed by atoms with E-state index in [1.54, 1.807) is 4.68 Å². The molecule has 28 heavy (non-hydrogen) atoms. The third-order valence-corrected chi connectivity index (χ3v) is 5.31. The normalized spacial score (nSPS) is 11.0. The molecule has 6 nitrogen and oxygen atoms in total. The van der Waals surface area contributed by atoms with E-state index < -0.39 is 0 Å². The van der Waals surface area contributed by atoms with Gasteiger partial charge in [-0.05, 0) is 44.5 Å². The average Bonchev–Trinajstić information content (AvgIpc) is 3.26.